The lowest BCUT2D eigenvalue weighted by molar-refractivity contribution is -0.139. The molecule has 6 heteroatoms. The summed E-state index contributed by atoms with van der Waals surface area (Å²) in [4.78, 5) is 24.6. The molecular formula is C11H18N2O4. The lowest BCUT2D eigenvalue weighted by Gasteiger charge is -2.34. The monoisotopic (exact) mass is 242 g/mol. The normalized spacial score (nSPS) is 26.4. The molecule has 2 amide bonds. The molecular weight excluding hydrogens is 224 g/mol. The molecule has 0 bridgehead atoms. The smallest absolute Gasteiger partial charge is 0.326 e. The Labute approximate surface area is 99.9 Å². The number of carbonyl (C=O) groups excluding carboxylic acids is 1. The molecule has 0 aromatic carbocycles. The summed E-state index contributed by atoms with van der Waals surface area (Å²) in [5.74, 6) is -0.838. The Bertz CT molecular complexity index is 317. The molecule has 1 heterocycles. The molecule has 0 spiro atoms. The van der Waals surface area contributed by atoms with Gasteiger partial charge >= 0.3 is 12.0 Å². The number of nitrogens with zero attached hydrogens (tertiary/aromatic N) is 1. The van der Waals surface area contributed by atoms with Crippen LogP contribution in [0.2, 0.25) is 0 Å². The van der Waals surface area contributed by atoms with Gasteiger partial charge in [-0.2, -0.15) is 0 Å². The van der Waals surface area contributed by atoms with E-state index < -0.39 is 12.0 Å². The second-order valence-electron chi connectivity index (χ2n) is 4.72. The van der Waals surface area contributed by atoms with E-state index in [9.17, 15) is 9.59 Å². The number of hydrogen-bond donors (Lipinski definition) is 2. The number of urea groups is 1. The average Bonchev–Trinajstić information content (AvgIpc) is 3.09. The summed E-state index contributed by atoms with van der Waals surface area (Å²) >= 11 is 0. The first-order chi connectivity index (χ1) is 8.09. The van der Waals surface area contributed by atoms with Crippen LogP contribution in [0.15, 0.2) is 0 Å². The van der Waals surface area contributed by atoms with Crippen LogP contribution in [-0.2, 0) is 9.53 Å². The molecule has 1 aliphatic heterocycles. The van der Waals surface area contributed by atoms with Gasteiger partial charge in [0.1, 0.15) is 6.04 Å². The van der Waals surface area contributed by atoms with Crippen molar-refractivity contribution in [3.8, 4) is 0 Å². The number of carboxylic acids is 1. The fraction of sp³-hybridized carbons (Fsp3) is 0.818. The maximum Gasteiger partial charge on any atom is 0.326 e. The predicted molar refractivity (Wildman–Crippen MR) is 59.7 cm³/mol. The summed E-state index contributed by atoms with van der Waals surface area (Å²) < 4.78 is 5.24. The number of carboxylic acid groups (broad SMARTS) is 1. The highest BCUT2D eigenvalue weighted by molar-refractivity contribution is 5.83. The van der Waals surface area contributed by atoms with Gasteiger partial charge in [0.25, 0.3) is 0 Å². The first kappa shape index (κ1) is 12.2. The number of hydrogen-bond acceptors (Lipinski definition) is 3. The van der Waals surface area contributed by atoms with Crippen molar-refractivity contribution in [2.45, 2.75) is 31.8 Å². The Balaban J connectivity index is 1.92. The summed E-state index contributed by atoms with van der Waals surface area (Å²) in [7, 11) is 0. The predicted octanol–water partition coefficient (Wildman–Crippen LogP) is 0.280. The maximum atomic E-state index is 12.0. The Morgan fingerprint density at radius 2 is 2.18 bits per heavy atom. The molecule has 6 nitrogen and oxygen atoms in total. The van der Waals surface area contributed by atoms with Crippen molar-refractivity contribution in [2.75, 3.05) is 19.8 Å². The van der Waals surface area contributed by atoms with Gasteiger partial charge in [-0.1, -0.05) is 0 Å². The number of aliphatic carboxylic acids is 1. The van der Waals surface area contributed by atoms with Crippen LogP contribution in [0.5, 0.6) is 0 Å². The van der Waals surface area contributed by atoms with Gasteiger partial charge in [-0.25, -0.2) is 9.59 Å². The highest BCUT2D eigenvalue weighted by Crippen LogP contribution is 2.32. The van der Waals surface area contributed by atoms with E-state index in [0.717, 1.165) is 12.8 Å². The van der Waals surface area contributed by atoms with Gasteiger partial charge in [-0.3, -0.25) is 0 Å². The van der Waals surface area contributed by atoms with Crippen LogP contribution in [0.25, 0.3) is 0 Å². The summed E-state index contributed by atoms with van der Waals surface area (Å²) in [5.41, 5.74) is 0. The minimum absolute atomic E-state index is 0.00241. The molecule has 1 aliphatic carbocycles. The largest absolute Gasteiger partial charge is 0.480 e. The van der Waals surface area contributed by atoms with E-state index in [-0.39, 0.29) is 18.0 Å². The molecule has 2 fully saturated rings. The van der Waals surface area contributed by atoms with Crippen LogP contribution < -0.4 is 5.32 Å². The minimum Gasteiger partial charge on any atom is -0.480 e. The summed E-state index contributed by atoms with van der Waals surface area (Å²) in [6.45, 7) is 3.43. The van der Waals surface area contributed by atoms with E-state index in [1.807, 2.05) is 6.92 Å². The molecule has 2 rings (SSSR count). The zero-order valence-electron chi connectivity index (χ0n) is 9.89. The molecule has 2 aliphatic rings. The average molecular weight is 242 g/mol. The minimum atomic E-state index is -0.943. The molecule has 2 N–H and O–H groups in total. The third-order valence-corrected chi connectivity index (χ3v) is 3.27. The first-order valence-corrected chi connectivity index (χ1v) is 5.97. The zero-order valence-corrected chi connectivity index (χ0v) is 9.89. The Morgan fingerprint density at radius 1 is 1.47 bits per heavy atom. The van der Waals surface area contributed by atoms with Crippen LogP contribution in [0.3, 0.4) is 0 Å². The Hall–Kier alpha value is -1.30. The van der Waals surface area contributed by atoms with E-state index in [1.165, 1.54) is 0 Å². The second kappa shape index (κ2) is 4.91. The van der Waals surface area contributed by atoms with E-state index >= 15 is 0 Å². The van der Waals surface area contributed by atoms with Gasteiger partial charge in [-0.05, 0) is 25.7 Å². The van der Waals surface area contributed by atoms with Crippen LogP contribution in [0, 0.1) is 5.92 Å². The SMILES string of the molecule is CC1COCCN1C(=O)NC(C(=O)O)C1CC1. The Morgan fingerprint density at radius 3 is 2.71 bits per heavy atom. The molecule has 17 heavy (non-hydrogen) atoms. The van der Waals surface area contributed by atoms with Crippen LogP contribution in [-0.4, -0.2) is 53.8 Å². The highest BCUT2D eigenvalue weighted by atomic mass is 16.5. The molecule has 1 saturated carbocycles. The Kier molecular flexibility index (Phi) is 3.51. The first-order valence-electron chi connectivity index (χ1n) is 5.97. The van der Waals surface area contributed by atoms with E-state index in [4.69, 9.17) is 9.84 Å². The van der Waals surface area contributed by atoms with E-state index in [0.29, 0.717) is 19.8 Å². The summed E-state index contributed by atoms with van der Waals surface area (Å²) in [5, 5.41) is 11.6. The van der Waals surface area contributed by atoms with Crippen LogP contribution >= 0.6 is 0 Å². The molecule has 0 aromatic rings. The lowest BCUT2D eigenvalue weighted by Crippen LogP contribution is -2.55. The highest BCUT2D eigenvalue weighted by Gasteiger charge is 2.38. The number of nitrogens with one attached hydrogen (secondary N) is 1. The summed E-state index contributed by atoms with van der Waals surface area (Å²) in [6, 6.07) is -1.03. The molecule has 1 saturated heterocycles. The van der Waals surface area contributed by atoms with Crippen molar-refractivity contribution in [2.24, 2.45) is 5.92 Å². The van der Waals surface area contributed by atoms with Crippen molar-refractivity contribution in [1.82, 2.24) is 10.2 Å². The molecule has 0 aromatic heterocycles. The van der Waals surface area contributed by atoms with Crippen LogP contribution in [0.4, 0.5) is 4.79 Å². The standard InChI is InChI=1S/C11H18N2O4/c1-7-6-17-5-4-13(7)11(16)12-9(10(14)15)8-2-3-8/h7-9H,2-6H2,1H3,(H,12,16)(H,14,15). The molecule has 96 valence electrons. The number of amides is 2. The van der Waals surface area contributed by atoms with Crippen molar-refractivity contribution in [3.05, 3.63) is 0 Å². The third-order valence-electron chi connectivity index (χ3n) is 3.27. The molecule has 2 unspecified atom stereocenters. The summed E-state index contributed by atoms with van der Waals surface area (Å²) in [6.07, 6.45) is 1.77. The third kappa shape index (κ3) is 2.88. The van der Waals surface area contributed by atoms with Crippen molar-refractivity contribution in [3.63, 3.8) is 0 Å². The fourth-order valence-electron chi connectivity index (χ4n) is 2.06. The maximum absolute atomic E-state index is 12.0. The van der Waals surface area contributed by atoms with Gasteiger partial charge in [0.2, 0.25) is 0 Å². The lowest BCUT2D eigenvalue weighted by atomic mass is 10.2. The van der Waals surface area contributed by atoms with Gasteiger partial charge in [-0.15, -0.1) is 0 Å². The molecule has 2 atom stereocenters. The number of carbonyl (C=O) groups is 2. The zero-order chi connectivity index (χ0) is 12.4. The van der Waals surface area contributed by atoms with Crippen molar-refractivity contribution >= 4 is 12.0 Å². The van der Waals surface area contributed by atoms with Gasteiger partial charge in [0, 0.05) is 6.54 Å². The number of rotatable bonds is 3. The second-order valence-corrected chi connectivity index (χ2v) is 4.72. The van der Waals surface area contributed by atoms with Crippen LogP contribution in [0.1, 0.15) is 19.8 Å². The number of ether oxygens (including phenoxy) is 1. The van der Waals surface area contributed by atoms with Gasteiger partial charge in [0.15, 0.2) is 0 Å². The van der Waals surface area contributed by atoms with Crippen molar-refractivity contribution in [1.29, 1.82) is 0 Å². The molecule has 0 radical (unpaired) electrons. The van der Waals surface area contributed by atoms with Gasteiger partial charge in [0.05, 0.1) is 19.3 Å². The fourth-order valence-corrected chi connectivity index (χ4v) is 2.06. The van der Waals surface area contributed by atoms with Gasteiger partial charge < -0.3 is 20.1 Å². The topological polar surface area (TPSA) is 78.9 Å². The van der Waals surface area contributed by atoms with Crippen molar-refractivity contribution < 1.29 is 19.4 Å². The van der Waals surface area contributed by atoms with E-state index in [2.05, 4.69) is 5.32 Å². The quantitative estimate of drug-likeness (QED) is 0.745. The van der Waals surface area contributed by atoms with E-state index in [1.54, 1.807) is 4.90 Å². The number of morpholine rings is 1.